The van der Waals surface area contributed by atoms with E-state index in [1.807, 2.05) is 0 Å². The Balaban J connectivity index is 2.73. The van der Waals surface area contributed by atoms with E-state index in [2.05, 4.69) is 0 Å². The SMILES string of the molecule is CCOC(=O)CN(C(=O)N(C)C(CC)C(=O)O)C1CC1. The predicted octanol–water partition coefficient (Wildman–Crippen LogP) is 0.929. The maximum Gasteiger partial charge on any atom is 0.326 e. The number of nitrogens with zero attached hydrogens (tertiary/aromatic N) is 2. The Hall–Kier alpha value is -1.79. The molecule has 0 heterocycles. The van der Waals surface area contributed by atoms with Crippen molar-refractivity contribution < 1.29 is 24.2 Å². The highest BCUT2D eigenvalue weighted by molar-refractivity contribution is 5.85. The van der Waals surface area contributed by atoms with E-state index in [1.165, 1.54) is 16.8 Å². The van der Waals surface area contributed by atoms with Gasteiger partial charge < -0.3 is 19.6 Å². The maximum atomic E-state index is 12.3. The van der Waals surface area contributed by atoms with E-state index in [9.17, 15) is 14.4 Å². The van der Waals surface area contributed by atoms with Gasteiger partial charge in [-0.2, -0.15) is 0 Å². The van der Waals surface area contributed by atoms with E-state index in [0.717, 1.165) is 12.8 Å². The third-order valence-electron chi connectivity index (χ3n) is 3.28. The molecule has 0 spiro atoms. The molecule has 0 aromatic rings. The van der Waals surface area contributed by atoms with E-state index in [0.29, 0.717) is 6.42 Å². The summed E-state index contributed by atoms with van der Waals surface area (Å²) in [4.78, 5) is 37.6. The summed E-state index contributed by atoms with van der Waals surface area (Å²) in [6.07, 6.45) is 1.99. The van der Waals surface area contributed by atoms with Crippen LogP contribution in [0.15, 0.2) is 0 Å². The number of aliphatic carboxylic acids is 1. The van der Waals surface area contributed by atoms with Gasteiger partial charge in [0.25, 0.3) is 0 Å². The van der Waals surface area contributed by atoms with Gasteiger partial charge in [-0.25, -0.2) is 9.59 Å². The number of hydrogen-bond donors (Lipinski definition) is 1. The zero-order valence-electron chi connectivity index (χ0n) is 12.2. The van der Waals surface area contributed by atoms with Gasteiger partial charge in [0.05, 0.1) is 6.61 Å². The largest absolute Gasteiger partial charge is 0.480 e. The fourth-order valence-corrected chi connectivity index (χ4v) is 2.03. The highest BCUT2D eigenvalue weighted by atomic mass is 16.5. The lowest BCUT2D eigenvalue weighted by atomic mass is 10.2. The van der Waals surface area contributed by atoms with Crippen molar-refractivity contribution in [1.29, 1.82) is 0 Å². The molecule has 0 aromatic carbocycles. The monoisotopic (exact) mass is 286 g/mol. The minimum Gasteiger partial charge on any atom is -0.480 e. The lowest BCUT2D eigenvalue weighted by molar-refractivity contribution is -0.144. The minimum atomic E-state index is -1.05. The summed E-state index contributed by atoms with van der Waals surface area (Å²) < 4.78 is 4.85. The molecule has 1 atom stereocenters. The molecule has 7 heteroatoms. The van der Waals surface area contributed by atoms with Gasteiger partial charge in [-0.15, -0.1) is 0 Å². The van der Waals surface area contributed by atoms with Crippen LogP contribution >= 0.6 is 0 Å². The molecule has 114 valence electrons. The molecule has 20 heavy (non-hydrogen) atoms. The number of carbonyl (C=O) groups excluding carboxylic acids is 2. The second-order valence-corrected chi connectivity index (χ2v) is 4.82. The average molecular weight is 286 g/mol. The first-order chi connectivity index (χ1) is 9.42. The molecule has 1 saturated carbocycles. The van der Waals surface area contributed by atoms with Crippen LogP contribution in [0.2, 0.25) is 0 Å². The number of amides is 2. The summed E-state index contributed by atoms with van der Waals surface area (Å²) in [5, 5.41) is 9.09. The highest BCUT2D eigenvalue weighted by Crippen LogP contribution is 2.28. The van der Waals surface area contributed by atoms with Crippen molar-refractivity contribution in [2.75, 3.05) is 20.2 Å². The van der Waals surface area contributed by atoms with Crippen molar-refractivity contribution in [3.63, 3.8) is 0 Å². The summed E-state index contributed by atoms with van der Waals surface area (Å²) >= 11 is 0. The van der Waals surface area contributed by atoms with Gasteiger partial charge in [-0.05, 0) is 26.2 Å². The number of carbonyl (C=O) groups is 3. The fraction of sp³-hybridized carbons (Fsp3) is 0.769. The third-order valence-corrected chi connectivity index (χ3v) is 3.28. The second kappa shape index (κ2) is 7.12. The lowest BCUT2D eigenvalue weighted by Gasteiger charge is -2.30. The van der Waals surface area contributed by atoms with Crippen molar-refractivity contribution in [3.05, 3.63) is 0 Å². The Bertz CT molecular complexity index is 381. The first kappa shape index (κ1) is 16.3. The van der Waals surface area contributed by atoms with Crippen molar-refractivity contribution in [3.8, 4) is 0 Å². The Kier molecular flexibility index (Phi) is 5.79. The standard InChI is InChI=1S/C13H22N2O5/c1-4-10(12(17)18)14(3)13(19)15(9-6-7-9)8-11(16)20-5-2/h9-10H,4-8H2,1-3H3,(H,17,18). The number of hydrogen-bond acceptors (Lipinski definition) is 4. The smallest absolute Gasteiger partial charge is 0.326 e. The highest BCUT2D eigenvalue weighted by Gasteiger charge is 2.38. The van der Waals surface area contributed by atoms with Crippen LogP contribution in [0.4, 0.5) is 4.79 Å². The quantitative estimate of drug-likeness (QED) is 0.703. The average Bonchev–Trinajstić information content (AvgIpc) is 3.20. The molecule has 1 rings (SSSR count). The molecule has 0 saturated heterocycles. The molecule has 1 aliphatic carbocycles. The Labute approximate surface area is 118 Å². The zero-order chi connectivity index (χ0) is 15.3. The van der Waals surface area contributed by atoms with E-state index in [4.69, 9.17) is 9.84 Å². The van der Waals surface area contributed by atoms with Gasteiger partial charge in [0.15, 0.2) is 0 Å². The van der Waals surface area contributed by atoms with Gasteiger partial charge in [0.1, 0.15) is 12.6 Å². The van der Waals surface area contributed by atoms with Crippen LogP contribution in [0, 0.1) is 0 Å². The van der Waals surface area contributed by atoms with Gasteiger partial charge in [0.2, 0.25) is 0 Å². The van der Waals surface area contributed by atoms with Gasteiger partial charge in [0, 0.05) is 13.1 Å². The first-order valence-electron chi connectivity index (χ1n) is 6.84. The molecule has 0 radical (unpaired) electrons. The molecule has 1 unspecified atom stereocenters. The Morgan fingerprint density at radius 2 is 1.90 bits per heavy atom. The number of rotatable bonds is 7. The van der Waals surface area contributed by atoms with Crippen LogP contribution in [-0.4, -0.2) is 65.2 Å². The number of likely N-dealkylation sites (N-methyl/N-ethyl adjacent to an activating group) is 1. The fourth-order valence-electron chi connectivity index (χ4n) is 2.03. The van der Waals surface area contributed by atoms with Gasteiger partial charge in [-0.1, -0.05) is 6.92 Å². The summed E-state index contributed by atoms with van der Waals surface area (Å²) in [7, 11) is 1.45. The van der Waals surface area contributed by atoms with Crippen LogP contribution < -0.4 is 0 Å². The molecule has 0 aromatic heterocycles. The number of ether oxygens (including phenoxy) is 1. The third kappa shape index (κ3) is 4.11. The van der Waals surface area contributed by atoms with Crippen LogP contribution in [-0.2, 0) is 14.3 Å². The van der Waals surface area contributed by atoms with Crippen molar-refractivity contribution in [1.82, 2.24) is 9.80 Å². The lowest BCUT2D eigenvalue weighted by Crippen LogP contribution is -2.51. The second-order valence-electron chi connectivity index (χ2n) is 4.82. The Morgan fingerprint density at radius 3 is 2.30 bits per heavy atom. The molecule has 1 fully saturated rings. The molecular weight excluding hydrogens is 264 g/mol. The van der Waals surface area contributed by atoms with Crippen LogP contribution in [0.1, 0.15) is 33.1 Å². The first-order valence-corrected chi connectivity index (χ1v) is 6.84. The van der Waals surface area contributed by atoms with E-state index >= 15 is 0 Å². The molecule has 7 nitrogen and oxygen atoms in total. The van der Waals surface area contributed by atoms with E-state index in [-0.39, 0.29) is 19.2 Å². The summed E-state index contributed by atoms with van der Waals surface area (Å²) in [5.74, 6) is -1.51. The zero-order valence-corrected chi connectivity index (χ0v) is 12.2. The molecular formula is C13H22N2O5. The Morgan fingerprint density at radius 1 is 1.30 bits per heavy atom. The summed E-state index contributed by atoms with van der Waals surface area (Å²) in [6, 6.07) is -1.30. The topological polar surface area (TPSA) is 87.2 Å². The van der Waals surface area contributed by atoms with Crippen molar-refractivity contribution >= 4 is 18.0 Å². The number of esters is 1. The van der Waals surface area contributed by atoms with Gasteiger partial charge in [-0.3, -0.25) is 4.79 Å². The number of carboxylic acids is 1. The minimum absolute atomic E-state index is 0.0145. The van der Waals surface area contributed by atoms with Crippen LogP contribution in [0.5, 0.6) is 0 Å². The maximum absolute atomic E-state index is 12.3. The van der Waals surface area contributed by atoms with E-state index < -0.39 is 24.0 Å². The van der Waals surface area contributed by atoms with E-state index in [1.54, 1.807) is 13.8 Å². The molecule has 1 aliphatic rings. The molecule has 0 aliphatic heterocycles. The van der Waals surface area contributed by atoms with Crippen molar-refractivity contribution in [2.24, 2.45) is 0 Å². The predicted molar refractivity (Wildman–Crippen MR) is 71.2 cm³/mol. The molecule has 2 amide bonds. The number of carboxylic acid groups (broad SMARTS) is 1. The molecule has 0 bridgehead atoms. The number of urea groups is 1. The van der Waals surface area contributed by atoms with Crippen molar-refractivity contribution in [2.45, 2.75) is 45.2 Å². The summed E-state index contributed by atoms with van der Waals surface area (Å²) in [5.41, 5.74) is 0. The van der Waals surface area contributed by atoms with Crippen LogP contribution in [0.3, 0.4) is 0 Å². The normalized spacial score (nSPS) is 15.3. The summed E-state index contributed by atoms with van der Waals surface area (Å²) in [6.45, 7) is 3.53. The van der Waals surface area contributed by atoms with Gasteiger partial charge >= 0.3 is 18.0 Å². The van der Waals surface area contributed by atoms with Crippen LogP contribution in [0.25, 0.3) is 0 Å². The molecule has 1 N–H and O–H groups in total.